The molecule has 0 aliphatic heterocycles. The van der Waals surface area contributed by atoms with Gasteiger partial charge in [0, 0.05) is 13.1 Å². The fourth-order valence-electron chi connectivity index (χ4n) is 5.48. The highest BCUT2D eigenvalue weighted by atomic mass is 19.4. The Morgan fingerprint density at radius 3 is 2.00 bits per heavy atom. The summed E-state index contributed by atoms with van der Waals surface area (Å²) in [6.07, 6.45) is 1.84. The molecule has 5 heteroatoms. The Bertz CT molecular complexity index is 347. The maximum absolute atomic E-state index is 12.3. The Kier molecular flexibility index (Phi) is 4.02. The topological polar surface area (TPSA) is 23.5 Å². The van der Waals surface area contributed by atoms with E-state index in [2.05, 4.69) is 0 Å². The van der Waals surface area contributed by atoms with E-state index < -0.39 is 18.7 Å². The molecule has 4 saturated carbocycles. The van der Waals surface area contributed by atoms with E-state index in [1.54, 1.807) is 11.9 Å². The van der Waals surface area contributed by atoms with E-state index in [-0.39, 0.29) is 12.0 Å². The van der Waals surface area contributed by atoms with Gasteiger partial charge in [-0.2, -0.15) is 13.2 Å². The molecule has 0 aromatic rings. The minimum Gasteiger partial charge on any atom is -0.391 e. The zero-order valence-electron chi connectivity index (χ0n) is 12.7. The number of nitrogens with zero attached hydrogens (tertiary/aromatic N) is 1. The number of hydrogen-bond donors (Lipinski definition) is 1. The molecule has 1 unspecified atom stereocenters. The molecule has 0 radical (unpaired) electrons. The number of aliphatic hydroxyl groups excluding tert-OH is 1. The zero-order chi connectivity index (χ0) is 15.3. The highest BCUT2D eigenvalue weighted by Crippen LogP contribution is 2.61. The monoisotopic (exact) mass is 305 g/mol. The van der Waals surface area contributed by atoms with Crippen LogP contribution in [0.1, 0.15) is 44.9 Å². The van der Waals surface area contributed by atoms with Crippen molar-refractivity contribution in [2.45, 2.75) is 57.2 Å². The van der Waals surface area contributed by atoms with E-state index in [9.17, 15) is 18.3 Å². The third-order valence-electron chi connectivity index (χ3n) is 6.05. The summed E-state index contributed by atoms with van der Waals surface area (Å²) in [5.74, 6) is 2.27. The minimum atomic E-state index is -4.11. The minimum absolute atomic E-state index is 0.00123. The Balaban J connectivity index is 1.56. The molecule has 1 atom stereocenters. The Morgan fingerprint density at radius 2 is 1.57 bits per heavy atom. The first-order valence-electron chi connectivity index (χ1n) is 8.19. The van der Waals surface area contributed by atoms with Gasteiger partial charge in [0.1, 0.15) is 0 Å². The molecule has 0 spiro atoms. The zero-order valence-corrected chi connectivity index (χ0v) is 12.7. The van der Waals surface area contributed by atoms with Crippen LogP contribution in [0.25, 0.3) is 0 Å². The first kappa shape index (κ1) is 15.6. The number of rotatable bonds is 5. The third kappa shape index (κ3) is 3.39. The summed E-state index contributed by atoms with van der Waals surface area (Å²) in [5, 5.41) is 10.7. The van der Waals surface area contributed by atoms with Gasteiger partial charge in [0.2, 0.25) is 0 Å². The third-order valence-corrected chi connectivity index (χ3v) is 6.05. The second kappa shape index (κ2) is 5.41. The summed E-state index contributed by atoms with van der Waals surface area (Å²) in [7, 11) is 1.69. The lowest BCUT2D eigenvalue weighted by Gasteiger charge is -2.58. The van der Waals surface area contributed by atoms with Crippen LogP contribution in [0.2, 0.25) is 0 Å². The SMILES string of the molecule is CN(CCC(F)(F)F)CC(O)C12CC3CC(CC(C3)C1)C2. The van der Waals surface area contributed by atoms with Gasteiger partial charge in [-0.15, -0.1) is 0 Å². The number of hydrogen-bond acceptors (Lipinski definition) is 2. The van der Waals surface area contributed by atoms with Gasteiger partial charge in [0.05, 0.1) is 12.5 Å². The van der Waals surface area contributed by atoms with Crippen molar-refractivity contribution in [3.8, 4) is 0 Å². The molecule has 1 N–H and O–H groups in total. The van der Waals surface area contributed by atoms with Gasteiger partial charge in [-0.1, -0.05) is 0 Å². The summed E-state index contributed by atoms with van der Waals surface area (Å²) in [6, 6.07) is 0. The van der Waals surface area contributed by atoms with Crippen molar-refractivity contribution in [1.82, 2.24) is 4.90 Å². The largest absolute Gasteiger partial charge is 0.391 e. The van der Waals surface area contributed by atoms with E-state index in [1.807, 2.05) is 0 Å². The molecule has 2 nitrogen and oxygen atoms in total. The van der Waals surface area contributed by atoms with E-state index in [0.717, 1.165) is 37.0 Å². The average Bonchev–Trinajstić information content (AvgIpc) is 2.34. The second-order valence-electron chi connectivity index (χ2n) is 7.92. The highest BCUT2D eigenvalue weighted by molar-refractivity contribution is 5.04. The number of halogens is 3. The van der Waals surface area contributed by atoms with Crippen LogP contribution >= 0.6 is 0 Å². The molecule has 0 aromatic heterocycles. The van der Waals surface area contributed by atoms with Crippen molar-refractivity contribution >= 4 is 0 Å². The van der Waals surface area contributed by atoms with Crippen LogP contribution in [0, 0.1) is 23.2 Å². The Labute approximate surface area is 124 Å². The van der Waals surface area contributed by atoms with Crippen LogP contribution in [0.3, 0.4) is 0 Å². The number of alkyl halides is 3. The molecule has 21 heavy (non-hydrogen) atoms. The van der Waals surface area contributed by atoms with E-state index in [4.69, 9.17) is 0 Å². The van der Waals surface area contributed by atoms with Crippen molar-refractivity contribution in [2.24, 2.45) is 23.2 Å². The number of likely N-dealkylation sites (N-methyl/N-ethyl adjacent to an activating group) is 1. The first-order chi connectivity index (χ1) is 9.76. The molecule has 4 aliphatic carbocycles. The predicted molar refractivity (Wildman–Crippen MR) is 74.8 cm³/mol. The smallest absolute Gasteiger partial charge is 0.390 e. The number of aliphatic hydroxyl groups is 1. The second-order valence-corrected chi connectivity index (χ2v) is 7.92. The quantitative estimate of drug-likeness (QED) is 0.841. The maximum Gasteiger partial charge on any atom is 0.390 e. The summed E-state index contributed by atoms with van der Waals surface area (Å²) >= 11 is 0. The fraction of sp³-hybridized carbons (Fsp3) is 1.00. The van der Waals surface area contributed by atoms with Gasteiger partial charge in [-0.05, 0) is 68.7 Å². The lowest BCUT2D eigenvalue weighted by Crippen LogP contribution is -2.54. The molecule has 4 bridgehead atoms. The molecule has 0 saturated heterocycles. The van der Waals surface area contributed by atoms with Crippen LogP contribution in [0.4, 0.5) is 13.2 Å². The molecule has 4 fully saturated rings. The molecule has 0 aromatic carbocycles. The lowest BCUT2D eigenvalue weighted by molar-refractivity contribution is -0.143. The van der Waals surface area contributed by atoms with Crippen LogP contribution in [-0.2, 0) is 0 Å². The Hall–Kier alpha value is -0.290. The lowest BCUT2D eigenvalue weighted by atomic mass is 9.48. The Morgan fingerprint density at radius 1 is 1.10 bits per heavy atom. The standard InChI is InChI=1S/C16H26F3NO/c1-20(3-2-16(17,18)19)10-14(21)15-7-11-4-12(8-15)6-13(5-11)9-15/h11-14,21H,2-10H2,1H3. The van der Waals surface area contributed by atoms with Crippen molar-refractivity contribution in [3.05, 3.63) is 0 Å². The molecule has 4 aliphatic rings. The fourth-order valence-corrected chi connectivity index (χ4v) is 5.48. The molecule has 4 rings (SSSR count). The summed E-state index contributed by atoms with van der Waals surface area (Å²) in [5.41, 5.74) is 0.00123. The molecule has 122 valence electrons. The maximum atomic E-state index is 12.3. The van der Waals surface area contributed by atoms with Gasteiger partial charge in [0.25, 0.3) is 0 Å². The molecular weight excluding hydrogens is 279 g/mol. The molecular formula is C16H26F3NO. The van der Waals surface area contributed by atoms with Gasteiger partial charge >= 0.3 is 6.18 Å². The summed E-state index contributed by atoms with van der Waals surface area (Å²) in [4.78, 5) is 1.65. The first-order valence-corrected chi connectivity index (χ1v) is 8.19. The van der Waals surface area contributed by atoms with Crippen molar-refractivity contribution in [2.75, 3.05) is 20.1 Å². The molecule has 0 heterocycles. The summed E-state index contributed by atoms with van der Waals surface area (Å²) < 4.78 is 36.8. The van der Waals surface area contributed by atoms with Crippen molar-refractivity contribution < 1.29 is 18.3 Å². The van der Waals surface area contributed by atoms with E-state index >= 15 is 0 Å². The predicted octanol–water partition coefficient (Wildman–Crippen LogP) is 3.45. The van der Waals surface area contributed by atoms with E-state index in [1.165, 1.54) is 19.3 Å². The van der Waals surface area contributed by atoms with Gasteiger partial charge < -0.3 is 10.0 Å². The van der Waals surface area contributed by atoms with Gasteiger partial charge in [-0.25, -0.2) is 0 Å². The van der Waals surface area contributed by atoms with Crippen LogP contribution in [0.15, 0.2) is 0 Å². The average molecular weight is 305 g/mol. The highest BCUT2D eigenvalue weighted by Gasteiger charge is 2.53. The normalized spacial score (nSPS) is 40.0. The van der Waals surface area contributed by atoms with Gasteiger partial charge in [0.15, 0.2) is 0 Å². The van der Waals surface area contributed by atoms with Gasteiger partial charge in [-0.3, -0.25) is 0 Å². The van der Waals surface area contributed by atoms with Crippen LogP contribution in [-0.4, -0.2) is 42.4 Å². The van der Waals surface area contributed by atoms with Crippen LogP contribution in [0.5, 0.6) is 0 Å². The van der Waals surface area contributed by atoms with Crippen LogP contribution < -0.4 is 0 Å². The van der Waals surface area contributed by atoms with E-state index in [0.29, 0.717) is 6.54 Å². The van der Waals surface area contributed by atoms with Crippen molar-refractivity contribution in [1.29, 1.82) is 0 Å². The molecule has 0 amide bonds. The van der Waals surface area contributed by atoms with Crippen molar-refractivity contribution in [3.63, 3.8) is 0 Å². The summed E-state index contributed by atoms with van der Waals surface area (Å²) in [6.45, 7) is 0.356.